The van der Waals surface area contributed by atoms with Crippen molar-refractivity contribution in [2.75, 3.05) is 0 Å². The summed E-state index contributed by atoms with van der Waals surface area (Å²) in [7, 11) is 0. The first-order valence-corrected chi connectivity index (χ1v) is 17.4. The number of carbonyl (C=O) groups excluding carboxylic acids is 1. The molecule has 3 heterocycles. The molecule has 0 aliphatic heterocycles. The molecule has 5 aromatic rings. The summed E-state index contributed by atoms with van der Waals surface area (Å²) in [6, 6.07) is 11.7. The van der Waals surface area contributed by atoms with Crippen LogP contribution >= 0.6 is 24.0 Å². The number of thiophene rings is 1. The second-order valence-corrected chi connectivity index (χ2v) is 14.9. The number of allylic oxidation sites excluding steroid dienone is 2. The van der Waals surface area contributed by atoms with Crippen molar-refractivity contribution in [3.8, 4) is 11.3 Å². The molecule has 1 radical (unpaired) electrons. The molecule has 47 heavy (non-hydrogen) atoms. The third-order valence-electron chi connectivity index (χ3n) is 9.79. The number of aliphatic hydroxyl groups excluding tert-OH is 1. The maximum absolute atomic E-state index is 12.2. The van der Waals surface area contributed by atoms with Crippen LogP contribution in [0.1, 0.15) is 99.1 Å². The summed E-state index contributed by atoms with van der Waals surface area (Å²) in [5, 5.41) is 15.2. The fraction of sp³-hybridized carbons (Fsp3) is 0.410. The van der Waals surface area contributed by atoms with Crippen LogP contribution in [0.5, 0.6) is 0 Å². The molecule has 2 aromatic carbocycles. The zero-order chi connectivity index (χ0) is 34.0. The molecule has 1 N–H and O–H groups in total. The molecule has 0 fully saturated rings. The zero-order valence-corrected chi connectivity index (χ0v) is 33.1. The van der Waals surface area contributed by atoms with Gasteiger partial charge in [-0.1, -0.05) is 86.1 Å². The molecule has 0 bridgehead atoms. The molecule has 3 aromatic heterocycles. The standard InChI is InChI=1S/C24H19N2OS2.C15H28O2.Ir/c1-5-15-18(28)7-6-17-19(15)20-21(25-12-26-23(20)27-17)14-10-13-8-9-29-22(13)16(11-14)24(2,3)4;1-7-14(5,8-2)12(16)11-13(17)15(6,9-3)10-4;/h5-9,11-12,28H,1H2,2-4H3;11,16H,7-10H2,1-6H3;/q-1;;/b;12-11-;. The van der Waals surface area contributed by atoms with Gasteiger partial charge in [0.2, 0.25) is 5.71 Å². The maximum Gasteiger partial charge on any atom is 0.223 e. The van der Waals surface area contributed by atoms with Crippen molar-refractivity contribution in [1.29, 1.82) is 0 Å². The summed E-state index contributed by atoms with van der Waals surface area (Å²) < 4.78 is 7.31. The monoisotopic (exact) mass is 848 g/mol. The molecule has 8 heteroatoms. The number of rotatable bonds is 9. The van der Waals surface area contributed by atoms with Gasteiger partial charge < -0.3 is 9.52 Å². The van der Waals surface area contributed by atoms with Crippen LogP contribution in [0.15, 0.2) is 63.7 Å². The van der Waals surface area contributed by atoms with Crippen LogP contribution in [0, 0.1) is 16.9 Å². The Kier molecular flexibility index (Phi) is 12.5. The average molecular weight is 848 g/mol. The summed E-state index contributed by atoms with van der Waals surface area (Å²) in [6.07, 6.45) is 8.12. The number of thiol groups is 1. The molecular formula is C39H47IrN2O3S2-. The molecule has 253 valence electrons. The Bertz CT molecular complexity index is 1920. The van der Waals surface area contributed by atoms with Crippen LogP contribution in [-0.4, -0.2) is 20.9 Å². The van der Waals surface area contributed by atoms with E-state index < -0.39 is 0 Å². The van der Waals surface area contributed by atoms with Crippen molar-refractivity contribution in [1.82, 2.24) is 9.97 Å². The van der Waals surface area contributed by atoms with Gasteiger partial charge in [0.25, 0.3) is 0 Å². The maximum atomic E-state index is 12.2. The summed E-state index contributed by atoms with van der Waals surface area (Å²) >= 11 is 6.36. The first kappa shape index (κ1) is 38.7. The quantitative estimate of drug-likeness (QED) is 0.0669. The van der Waals surface area contributed by atoms with Crippen molar-refractivity contribution < 1.29 is 34.4 Å². The Morgan fingerprint density at radius 2 is 1.64 bits per heavy atom. The number of nitrogens with zero attached hydrogens (tertiary/aromatic N) is 2. The average Bonchev–Trinajstić information content (AvgIpc) is 3.68. The van der Waals surface area contributed by atoms with Crippen LogP contribution in [0.4, 0.5) is 0 Å². The van der Waals surface area contributed by atoms with E-state index in [4.69, 9.17) is 4.42 Å². The van der Waals surface area contributed by atoms with Crippen molar-refractivity contribution in [2.24, 2.45) is 10.8 Å². The van der Waals surface area contributed by atoms with Crippen molar-refractivity contribution in [2.45, 2.75) is 98.3 Å². The van der Waals surface area contributed by atoms with Crippen molar-refractivity contribution in [3.05, 3.63) is 71.6 Å². The first-order chi connectivity index (χ1) is 21.7. The second-order valence-electron chi connectivity index (χ2n) is 13.5. The Labute approximate surface area is 302 Å². The molecule has 0 saturated heterocycles. The van der Waals surface area contributed by atoms with E-state index in [1.807, 2.05) is 59.8 Å². The van der Waals surface area contributed by atoms with Crippen LogP contribution in [0.25, 0.3) is 49.5 Å². The van der Waals surface area contributed by atoms with E-state index >= 15 is 0 Å². The molecule has 0 amide bonds. The number of fused-ring (bicyclic) bond motifs is 4. The van der Waals surface area contributed by atoms with Gasteiger partial charge in [0.1, 0.15) is 17.7 Å². The minimum absolute atomic E-state index is 0. The van der Waals surface area contributed by atoms with Gasteiger partial charge in [-0.15, -0.1) is 36.2 Å². The third kappa shape index (κ3) is 7.62. The molecule has 0 unspecified atom stereocenters. The number of carbonyl (C=O) groups is 1. The summed E-state index contributed by atoms with van der Waals surface area (Å²) in [6.45, 7) is 22.8. The van der Waals surface area contributed by atoms with Crippen molar-refractivity contribution >= 4 is 68.0 Å². The van der Waals surface area contributed by atoms with Gasteiger partial charge in [-0.2, -0.15) is 11.3 Å². The van der Waals surface area contributed by atoms with Gasteiger partial charge in [-0.05, 0) is 58.9 Å². The van der Waals surface area contributed by atoms with Gasteiger partial charge in [-0.25, -0.2) is 4.98 Å². The largest absolute Gasteiger partial charge is 0.512 e. The van der Waals surface area contributed by atoms with E-state index in [1.165, 1.54) is 16.3 Å². The molecule has 0 spiro atoms. The van der Waals surface area contributed by atoms with Gasteiger partial charge in [0.05, 0.1) is 0 Å². The van der Waals surface area contributed by atoms with Gasteiger partial charge in [0, 0.05) is 58.4 Å². The number of aromatic nitrogens is 2. The number of hydrogen-bond acceptors (Lipinski definition) is 7. The van der Waals surface area contributed by atoms with E-state index in [9.17, 15) is 9.90 Å². The number of benzene rings is 2. The Hall–Kier alpha value is -2.77. The fourth-order valence-corrected chi connectivity index (χ4v) is 6.85. The van der Waals surface area contributed by atoms with E-state index in [1.54, 1.807) is 17.7 Å². The molecule has 5 nitrogen and oxygen atoms in total. The van der Waals surface area contributed by atoms with Gasteiger partial charge in [0.15, 0.2) is 5.78 Å². The van der Waals surface area contributed by atoms with Crippen molar-refractivity contribution in [3.63, 3.8) is 0 Å². The Morgan fingerprint density at radius 1 is 1.00 bits per heavy atom. The smallest absolute Gasteiger partial charge is 0.223 e. The predicted octanol–water partition coefficient (Wildman–Crippen LogP) is 11.9. The van der Waals surface area contributed by atoms with Crippen LogP contribution < -0.4 is 0 Å². The number of ketones is 1. The molecular weight excluding hydrogens is 801 g/mol. The summed E-state index contributed by atoms with van der Waals surface area (Å²) in [5.41, 5.74) is 4.68. The molecule has 5 rings (SSSR count). The van der Waals surface area contributed by atoms with Crippen LogP contribution in [0.3, 0.4) is 0 Å². The second kappa shape index (κ2) is 15.2. The van der Waals surface area contributed by atoms with Crippen LogP contribution in [-0.2, 0) is 30.3 Å². The van der Waals surface area contributed by atoms with E-state index in [2.05, 4.69) is 73.5 Å². The zero-order valence-electron chi connectivity index (χ0n) is 29.0. The molecule has 0 saturated carbocycles. The number of aliphatic hydroxyl groups is 1. The normalized spacial score (nSPS) is 12.6. The SMILES string of the molecule is C=Cc1c(S)ccc2oc3ncnc(-c4[c-]c5ccsc5c(C(C)(C)C)c4)c3c12.CCC(C)(CC)C(=O)/C=C(\O)C(C)(CC)CC.[Ir]. The number of furan rings is 1. The van der Waals surface area contributed by atoms with Gasteiger partial charge in [-0.3, -0.25) is 9.78 Å². The van der Waals surface area contributed by atoms with E-state index in [0.717, 1.165) is 69.1 Å². The Morgan fingerprint density at radius 3 is 2.21 bits per heavy atom. The fourth-order valence-electron chi connectivity index (χ4n) is 5.49. The minimum Gasteiger partial charge on any atom is -0.512 e. The Balaban J connectivity index is 0.000000290. The molecule has 0 atom stereocenters. The van der Waals surface area contributed by atoms with E-state index in [-0.39, 0.29) is 47.9 Å². The summed E-state index contributed by atoms with van der Waals surface area (Å²) in [4.78, 5) is 22.1. The molecule has 0 aliphatic rings. The number of hydrogen-bond donors (Lipinski definition) is 2. The van der Waals surface area contributed by atoms with Gasteiger partial charge >= 0.3 is 0 Å². The minimum atomic E-state index is -0.337. The summed E-state index contributed by atoms with van der Waals surface area (Å²) in [5.74, 6) is 0.286. The van der Waals surface area contributed by atoms with Crippen LogP contribution in [0.2, 0.25) is 0 Å². The predicted molar refractivity (Wildman–Crippen MR) is 198 cm³/mol. The molecule has 0 aliphatic carbocycles. The first-order valence-electron chi connectivity index (χ1n) is 16.1. The third-order valence-corrected chi connectivity index (χ3v) is 11.1. The topological polar surface area (TPSA) is 76.2 Å². The van der Waals surface area contributed by atoms with E-state index in [0.29, 0.717) is 5.71 Å².